The molecule has 172 valence electrons. The lowest BCUT2D eigenvalue weighted by atomic mass is 10.1. The fourth-order valence-corrected chi connectivity index (χ4v) is 3.34. The molecule has 0 radical (unpaired) electrons. The summed E-state index contributed by atoms with van der Waals surface area (Å²) in [5.41, 5.74) is 3.92. The fraction of sp³-hybridized carbons (Fsp3) is 0.250. The first-order chi connectivity index (χ1) is 15.9. The summed E-state index contributed by atoms with van der Waals surface area (Å²) in [6.07, 6.45) is 2.56. The number of nitrogens with zero attached hydrogens (tertiary/aromatic N) is 2. The average molecular weight is 450 g/mol. The summed E-state index contributed by atoms with van der Waals surface area (Å²) < 4.78 is 4.57. The predicted octanol–water partition coefficient (Wildman–Crippen LogP) is 4.38. The summed E-state index contributed by atoms with van der Waals surface area (Å²) in [6, 6.07) is 14.4. The number of hydrazone groups is 1. The summed E-state index contributed by atoms with van der Waals surface area (Å²) >= 11 is 0. The molecule has 0 aliphatic carbocycles. The summed E-state index contributed by atoms with van der Waals surface area (Å²) in [7, 11) is 1.27. The highest BCUT2D eigenvalue weighted by molar-refractivity contribution is 6.30. The van der Waals surface area contributed by atoms with Crippen LogP contribution in [0.25, 0.3) is 0 Å². The van der Waals surface area contributed by atoms with Gasteiger partial charge in [0.25, 0.3) is 5.91 Å². The van der Waals surface area contributed by atoms with E-state index in [2.05, 4.69) is 20.5 Å². The smallest absolute Gasteiger partial charge is 0.411 e. The van der Waals surface area contributed by atoms with Crippen molar-refractivity contribution in [1.29, 1.82) is 0 Å². The highest BCUT2D eigenvalue weighted by atomic mass is 16.5. The van der Waals surface area contributed by atoms with Gasteiger partial charge in [-0.1, -0.05) is 25.1 Å². The number of anilines is 3. The van der Waals surface area contributed by atoms with Gasteiger partial charge in [0, 0.05) is 24.0 Å². The van der Waals surface area contributed by atoms with Crippen molar-refractivity contribution in [3.63, 3.8) is 0 Å². The molecule has 3 rings (SSSR count). The van der Waals surface area contributed by atoms with Gasteiger partial charge in [0.1, 0.15) is 0 Å². The molecule has 0 atom stereocenters. The van der Waals surface area contributed by atoms with Gasteiger partial charge in [0.15, 0.2) is 0 Å². The van der Waals surface area contributed by atoms with Crippen molar-refractivity contribution in [3.8, 4) is 0 Å². The quantitative estimate of drug-likeness (QED) is 0.488. The summed E-state index contributed by atoms with van der Waals surface area (Å²) in [5.74, 6) is -1.22. The summed E-state index contributed by atoms with van der Waals surface area (Å²) in [4.78, 5) is 35.5. The van der Waals surface area contributed by atoms with E-state index in [-0.39, 0.29) is 12.3 Å². The van der Waals surface area contributed by atoms with Gasteiger partial charge >= 0.3 is 12.1 Å². The van der Waals surface area contributed by atoms with Gasteiger partial charge in [-0.25, -0.2) is 4.79 Å². The van der Waals surface area contributed by atoms with Gasteiger partial charge < -0.3 is 15.2 Å². The van der Waals surface area contributed by atoms with Gasteiger partial charge in [0.2, 0.25) is 0 Å². The van der Waals surface area contributed by atoms with E-state index in [0.717, 1.165) is 17.7 Å². The number of carbonyl (C=O) groups excluding carboxylic acids is 2. The van der Waals surface area contributed by atoms with E-state index in [9.17, 15) is 14.4 Å². The monoisotopic (exact) mass is 450 g/mol. The standard InChI is InChI=1S/C24H26N4O5/c1-3-16-7-4-5-8-20(16)25-15-19-21(9-6-10-22(29)30)27-28(23(19)31)18-13-11-17(12-14-18)26-24(32)33-2/h4-5,7-8,11-15,25H,3,6,9-10H2,1-2H3,(H,26,32)(H,29,30). The number of nitrogens with one attached hydrogen (secondary N) is 2. The Bertz CT molecular complexity index is 1090. The third kappa shape index (κ3) is 5.97. The van der Waals surface area contributed by atoms with Crippen LogP contribution >= 0.6 is 0 Å². The Morgan fingerprint density at radius 1 is 1.15 bits per heavy atom. The van der Waals surface area contributed by atoms with E-state index in [0.29, 0.717) is 35.5 Å². The number of benzene rings is 2. The second-order valence-corrected chi connectivity index (χ2v) is 7.29. The molecule has 2 aromatic carbocycles. The lowest BCUT2D eigenvalue weighted by Gasteiger charge is -2.13. The topological polar surface area (TPSA) is 120 Å². The minimum Gasteiger partial charge on any atom is -0.481 e. The number of carboxylic acids is 1. The second kappa shape index (κ2) is 10.9. The van der Waals surface area contributed by atoms with Crippen LogP contribution in [0, 0.1) is 0 Å². The lowest BCUT2D eigenvalue weighted by molar-refractivity contribution is -0.137. The van der Waals surface area contributed by atoms with Crippen LogP contribution in [-0.2, 0) is 20.7 Å². The number of para-hydroxylation sites is 1. The molecular weight excluding hydrogens is 424 g/mol. The number of aryl methyl sites for hydroxylation is 1. The molecule has 0 saturated heterocycles. The summed E-state index contributed by atoms with van der Waals surface area (Å²) in [5, 5.41) is 20.5. The van der Waals surface area contributed by atoms with Crippen molar-refractivity contribution in [1.82, 2.24) is 0 Å². The fourth-order valence-electron chi connectivity index (χ4n) is 3.34. The Morgan fingerprint density at radius 2 is 1.88 bits per heavy atom. The molecule has 0 aromatic heterocycles. The number of rotatable bonds is 9. The Hall–Kier alpha value is -4.14. The molecule has 1 heterocycles. The Kier molecular flexibility index (Phi) is 7.80. The number of aliphatic carboxylic acids is 1. The molecule has 9 heteroatoms. The SMILES string of the molecule is CCc1ccccc1NC=C1C(=O)N(c2ccc(NC(=O)OC)cc2)N=C1CCCC(=O)O. The third-order valence-electron chi connectivity index (χ3n) is 5.07. The number of hydrogen-bond donors (Lipinski definition) is 3. The number of hydrogen-bond acceptors (Lipinski definition) is 6. The molecular formula is C24H26N4O5. The number of ether oxygens (including phenoxy) is 1. The van der Waals surface area contributed by atoms with E-state index in [1.165, 1.54) is 12.1 Å². The van der Waals surface area contributed by atoms with Crippen LogP contribution in [0.1, 0.15) is 31.7 Å². The minimum absolute atomic E-state index is 0.0134. The molecule has 2 aromatic rings. The van der Waals surface area contributed by atoms with Gasteiger partial charge in [-0.3, -0.25) is 14.9 Å². The maximum Gasteiger partial charge on any atom is 0.411 e. The van der Waals surface area contributed by atoms with Crippen LogP contribution in [0.15, 0.2) is 65.4 Å². The average Bonchev–Trinajstić information content (AvgIpc) is 3.13. The molecule has 0 saturated carbocycles. The van der Waals surface area contributed by atoms with Crippen LogP contribution in [-0.4, -0.2) is 35.9 Å². The van der Waals surface area contributed by atoms with Crippen molar-refractivity contribution in [2.75, 3.05) is 22.8 Å². The maximum atomic E-state index is 13.2. The van der Waals surface area contributed by atoms with Crippen molar-refractivity contribution in [3.05, 3.63) is 65.9 Å². The third-order valence-corrected chi connectivity index (χ3v) is 5.07. The van der Waals surface area contributed by atoms with E-state index < -0.39 is 12.1 Å². The first-order valence-corrected chi connectivity index (χ1v) is 10.6. The molecule has 0 spiro atoms. The Morgan fingerprint density at radius 3 is 2.55 bits per heavy atom. The highest BCUT2D eigenvalue weighted by Gasteiger charge is 2.31. The Labute approximate surface area is 191 Å². The highest BCUT2D eigenvalue weighted by Crippen LogP contribution is 2.27. The van der Waals surface area contributed by atoms with Crippen LogP contribution in [0.3, 0.4) is 0 Å². The Balaban J connectivity index is 1.84. The number of amides is 2. The van der Waals surface area contributed by atoms with Crippen LogP contribution in [0.4, 0.5) is 21.9 Å². The molecule has 2 amide bonds. The van der Waals surface area contributed by atoms with Gasteiger partial charge in [0.05, 0.1) is 24.1 Å². The zero-order chi connectivity index (χ0) is 23.8. The molecule has 3 N–H and O–H groups in total. The summed E-state index contributed by atoms with van der Waals surface area (Å²) in [6.45, 7) is 2.05. The van der Waals surface area contributed by atoms with Crippen molar-refractivity contribution >= 4 is 40.7 Å². The lowest BCUT2D eigenvalue weighted by Crippen LogP contribution is -2.22. The molecule has 1 aliphatic rings. The van der Waals surface area contributed by atoms with Gasteiger partial charge in [-0.15, -0.1) is 0 Å². The molecule has 1 aliphatic heterocycles. The van der Waals surface area contributed by atoms with E-state index >= 15 is 0 Å². The zero-order valence-electron chi connectivity index (χ0n) is 18.5. The molecule has 0 unspecified atom stereocenters. The van der Waals surface area contributed by atoms with Crippen LogP contribution in [0.5, 0.6) is 0 Å². The van der Waals surface area contributed by atoms with E-state index in [1.54, 1.807) is 30.5 Å². The van der Waals surface area contributed by atoms with Crippen molar-refractivity contribution in [2.45, 2.75) is 32.6 Å². The minimum atomic E-state index is -0.897. The largest absolute Gasteiger partial charge is 0.481 e. The molecule has 33 heavy (non-hydrogen) atoms. The van der Waals surface area contributed by atoms with Gasteiger partial charge in [-0.2, -0.15) is 10.1 Å². The van der Waals surface area contributed by atoms with Crippen LogP contribution in [0.2, 0.25) is 0 Å². The van der Waals surface area contributed by atoms with Gasteiger partial charge in [-0.05, 0) is 55.2 Å². The molecule has 9 nitrogen and oxygen atoms in total. The number of methoxy groups -OCH3 is 1. The molecule has 0 bridgehead atoms. The van der Waals surface area contributed by atoms with E-state index in [1.807, 2.05) is 31.2 Å². The van der Waals surface area contributed by atoms with Crippen molar-refractivity contribution in [2.24, 2.45) is 5.10 Å². The molecule has 0 fully saturated rings. The maximum absolute atomic E-state index is 13.2. The zero-order valence-corrected chi connectivity index (χ0v) is 18.5. The normalized spacial score (nSPS) is 14.2. The first kappa shape index (κ1) is 23.5. The van der Waals surface area contributed by atoms with Crippen molar-refractivity contribution < 1.29 is 24.2 Å². The second-order valence-electron chi connectivity index (χ2n) is 7.29. The predicted molar refractivity (Wildman–Crippen MR) is 126 cm³/mol. The number of carbonyl (C=O) groups is 3. The number of carboxylic acid groups (broad SMARTS) is 1. The van der Waals surface area contributed by atoms with E-state index in [4.69, 9.17) is 5.11 Å². The van der Waals surface area contributed by atoms with Crippen LogP contribution < -0.4 is 15.6 Å². The first-order valence-electron chi connectivity index (χ1n) is 10.6.